The van der Waals surface area contributed by atoms with Crippen LogP contribution in [0.15, 0.2) is 65.8 Å². The molecule has 8 heteroatoms. The van der Waals surface area contributed by atoms with Crippen molar-refractivity contribution in [1.29, 1.82) is 0 Å². The zero-order valence-electron chi connectivity index (χ0n) is 16.0. The van der Waals surface area contributed by atoms with Gasteiger partial charge in [0.05, 0.1) is 5.75 Å². The summed E-state index contributed by atoms with van der Waals surface area (Å²) in [6.45, 7) is 1.28. The van der Waals surface area contributed by atoms with Crippen molar-refractivity contribution in [1.82, 2.24) is 9.21 Å². The Kier molecular flexibility index (Phi) is 5.64. The molecule has 1 unspecified atom stereocenters. The molecule has 2 aliphatic heterocycles. The van der Waals surface area contributed by atoms with Crippen molar-refractivity contribution < 1.29 is 18.0 Å². The lowest BCUT2D eigenvalue weighted by Crippen LogP contribution is -2.52. The quantitative estimate of drug-likeness (QED) is 0.753. The summed E-state index contributed by atoms with van der Waals surface area (Å²) in [6.07, 6.45) is 0.178. The third kappa shape index (κ3) is 4.49. The van der Waals surface area contributed by atoms with Gasteiger partial charge >= 0.3 is 0 Å². The molecule has 0 aliphatic carbocycles. The van der Waals surface area contributed by atoms with Gasteiger partial charge in [-0.25, -0.2) is 8.42 Å². The van der Waals surface area contributed by atoms with Crippen molar-refractivity contribution in [3.05, 3.63) is 71.8 Å². The van der Waals surface area contributed by atoms with E-state index < -0.39 is 10.0 Å². The van der Waals surface area contributed by atoms with Crippen LogP contribution in [-0.4, -0.2) is 55.4 Å². The molecule has 1 amide bonds. The first-order valence-electron chi connectivity index (χ1n) is 9.61. The van der Waals surface area contributed by atoms with Gasteiger partial charge in [0.15, 0.2) is 6.10 Å². The summed E-state index contributed by atoms with van der Waals surface area (Å²) in [5.41, 5.74) is 2.13. The van der Waals surface area contributed by atoms with Crippen molar-refractivity contribution in [2.24, 2.45) is 5.16 Å². The number of oxime groups is 1. The van der Waals surface area contributed by atoms with Crippen LogP contribution in [0.2, 0.25) is 0 Å². The number of amides is 1. The maximum absolute atomic E-state index is 12.8. The Morgan fingerprint density at radius 2 is 1.59 bits per heavy atom. The van der Waals surface area contributed by atoms with Gasteiger partial charge in [0.1, 0.15) is 5.71 Å². The first-order valence-corrected chi connectivity index (χ1v) is 11.2. The smallest absolute Gasteiger partial charge is 0.271 e. The largest absolute Gasteiger partial charge is 0.387 e. The second kappa shape index (κ2) is 8.34. The molecule has 2 heterocycles. The molecule has 0 saturated carbocycles. The van der Waals surface area contributed by atoms with Gasteiger partial charge in [-0.05, 0) is 11.1 Å². The molecule has 1 atom stereocenters. The summed E-state index contributed by atoms with van der Waals surface area (Å²) in [5.74, 6) is -0.204. The molecule has 0 bridgehead atoms. The van der Waals surface area contributed by atoms with Gasteiger partial charge in [-0.2, -0.15) is 4.31 Å². The molecule has 4 rings (SSSR count). The van der Waals surface area contributed by atoms with Gasteiger partial charge in [0.25, 0.3) is 5.91 Å². The maximum Gasteiger partial charge on any atom is 0.271 e. The van der Waals surface area contributed by atoms with E-state index in [1.165, 1.54) is 4.31 Å². The Bertz CT molecular complexity index is 985. The standard InChI is InChI=1S/C21H23N3O4S/c25-21(19-15-20(28-22-19)18-9-5-2-6-10-18)23-11-13-24(14-12-23)29(26,27)16-17-7-3-1-4-8-17/h1-10,20H,11-16H2. The molecule has 7 nitrogen and oxygen atoms in total. The number of sulfonamides is 1. The molecule has 0 radical (unpaired) electrons. The number of benzene rings is 2. The van der Waals surface area contributed by atoms with E-state index in [-0.39, 0.29) is 30.9 Å². The summed E-state index contributed by atoms with van der Waals surface area (Å²) >= 11 is 0. The summed E-state index contributed by atoms with van der Waals surface area (Å²) in [7, 11) is -3.41. The van der Waals surface area contributed by atoms with E-state index in [4.69, 9.17) is 4.84 Å². The van der Waals surface area contributed by atoms with Gasteiger partial charge in [-0.1, -0.05) is 65.8 Å². The topological polar surface area (TPSA) is 79.3 Å². The molecule has 0 spiro atoms. The van der Waals surface area contributed by atoms with Crippen LogP contribution in [0.4, 0.5) is 0 Å². The Hall–Kier alpha value is -2.71. The minimum absolute atomic E-state index is 0.0267. The monoisotopic (exact) mass is 413 g/mol. The highest BCUT2D eigenvalue weighted by Gasteiger charge is 2.34. The molecule has 1 fully saturated rings. The maximum atomic E-state index is 12.8. The number of nitrogens with zero attached hydrogens (tertiary/aromatic N) is 3. The Morgan fingerprint density at radius 1 is 0.966 bits per heavy atom. The number of rotatable bonds is 5. The van der Waals surface area contributed by atoms with E-state index in [0.29, 0.717) is 25.2 Å². The number of carbonyl (C=O) groups excluding carboxylic acids is 1. The minimum Gasteiger partial charge on any atom is -0.387 e. The molecule has 2 aromatic rings. The van der Waals surface area contributed by atoms with Crippen LogP contribution in [0.25, 0.3) is 0 Å². The summed E-state index contributed by atoms with van der Waals surface area (Å²) in [5, 5.41) is 3.99. The summed E-state index contributed by atoms with van der Waals surface area (Å²) in [4.78, 5) is 19.9. The van der Waals surface area contributed by atoms with Crippen LogP contribution in [0.1, 0.15) is 23.7 Å². The van der Waals surface area contributed by atoms with Crippen molar-refractivity contribution in [2.45, 2.75) is 18.3 Å². The van der Waals surface area contributed by atoms with Crippen molar-refractivity contribution in [3.63, 3.8) is 0 Å². The average molecular weight is 413 g/mol. The van der Waals surface area contributed by atoms with E-state index in [1.807, 2.05) is 48.5 Å². The van der Waals surface area contributed by atoms with Gasteiger partial charge in [-0.3, -0.25) is 4.79 Å². The van der Waals surface area contributed by atoms with Crippen LogP contribution in [0, 0.1) is 0 Å². The van der Waals surface area contributed by atoms with Gasteiger partial charge in [-0.15, -0.1) is 0 Å². The fourth-order valence-corrected chi connectivity index (χ4v) is 5.09. The normalized spacial score (nSPS) is 20.2. The highest BCUT2D eigenvalue weighted by molar-refractivity contribution is 7.88. The molecule has 1 saturated heterocycles. The molecule has 0 aromatic heterocycles. The van der Waals surface area contributed by atoms with E-state index in [9.17, 15) is 13.2 Å². The zero-order chi connectivity index (χ0) is 20.3. The van der Waals surface area contributed by atoms with Gasteiger partial charge in [0, 0.05) is 32.6 Å². The third-order valence-electron chi connectivity index (χ3n) is 5.20. The van der Waals surface area contributed by atoms with E-state index in [0.717, 1.165) is 11.1 Å². The highest BCUT2D eigenvalue weighted by atomic mass is 32.2. The predicted octanol–water partition coefficient (Wildman–Crippen LogP) is 2.18. The van der Waals surface area contributed by atoms with Gasteiger partial charge < -0.3 is 9.74 Å². The Labute approximate surface area is 170 Å². The number of carbonyl (C=O) groups is 1. The second-order valence-corrected chi connectivity index (χ2v) is 9.15. The second-order valence-electron chi connectivity index (χ2n) is 7.18. The first-order chi connectivity index (χ1) is 14.0. The fourth-order valence-electron chi connectivity index (χ4n) is 3.58. The number of piperazine rings is 1. The molecule has 2 aliphatic rings. The lowest BCUT2D eigenvalue weighted by atomic mass is 10.0. The SMILES string of the molecule is O=C(C1=NOC(c2ccccc2)C1)N1CCN(S(=O)(=O)Cc2ccccc2)CC1. The van der Waals surface area contributed by atoms with Crippen molar-refractivity contribution in [3.8, 4) is 0 Å². The predicted molar refractivity (Wildman–Crippen MR) is 110 cm³/mol. The van der Waals surface area contributed by atoms with Crippen molar-refractivity contribution >= 4 is 21.6 Å². The Morgan fingerprint density at radius 3 is 2.24 bits per heavy atom. The lowest BCUT2D eigenvalue weighted by Gasteiger charge is -2.33. The summed E-state index contributed by atoms with van der Waals surface area (Å²) < 4.78 is 26.8. The average Bonchev–Trinajstić information content (AvgIpc) is 3.25. The van der Waals surface area contributed by atoms with Gasteiger partial charge in [0.2, 0.25) is 10.0 Å². The molecular weight excluding hydrogens is 390 g/mol. The molecule has 2 aromatic carbocycles. The third-order valence-corrected chi connectivity index (χ3v) is 7.05. The lowest BCUT2D eigenvalue weighted by molar-refractivity contribution is -0.125. The van der Waals surface area contributed by atoms with E-state index in [2.05, 4.69) is 5.16 Å². The van der Waals surface area contributed by atoms with E-state index in [1.54, 1.807) is 17.0 Å². The highest BCUT2D eigenvalue weighted by Crippen LogP contribution is 2.27. The number of hydrogen-bond donors (Lipinski definition) is 0. The van der Waals surface area contributed by atoms with Crippen molar-refractivity contribution in [2.75, 3.05) is 26.2 Å². The van der Waals surface area contributed by atoms with Crippen LogP contribution in [0.3, 0.4) is 0 Å². The molecular formula is C21H23N3O4S. The molecule has 152 valence electrons. The van der Waals surface area contributed by atoms with Crippen LogP contribution in [0.5, 0.6) is 0 Å². The summed E-state index contributed by atoms with van der Waals surface area (Å²) in [6, 6.07) is 18.8. The first kappa shape index (κ1) is 19.6. The van der Waals surface area contributed by atoms with E-state index >= 15 is 0 Å². The van der Waals surface area contributed by atoms with Crippen LogP contribution < -0.4 is 0 Å². The Balaban J connectivity index is 1.32. The fraction of sp³-hybridized carbons (Fsp3) is 0.333. The zero-order valence-corrected chi connectivity index (χ0v) is 16.8. The number of hydrogen-bond acceptors (Lipinski definition) is 5. The molecule has 29 heavy (non-hydrogen) atoms. The molecule has 0 N–H and O–H groups in total. The minimum atomic E-state index is -3.41. The van der Waals surface area contributed by atoms with Crippen LogP contribution >= 0.6 is 0 Å². The van der Waals surface area contributed by atoms with Crippen LogP contribution in [-0.2, 0) is 25.4 Å².